The monoisotopic (exact) mass is 370 g/mol. The average Bonchev–Trinajstić information content (AvgIpc) is 2.96. The van der Waals surface area contributed by atoms with Crippen molar-refractivity contribution in [1.82, 2.24) is 19.7 Å². The first kappa shape index (κ1) is 18.0. The number of nitrogens with one attached hydrogen (secondary N) is 1. The lowest BCUT2D eigenvalue weighted by Crippen LogP contribution is -2.29. The first-order valence-electron chi connectivity index (χ1n) is 8.19. The lowest BCUT2D eigenvalue weighted by Gasteiger charge is -2.17. The molecule has 0 fully saturated rings. The third-order valence-electron chi connectivity index (χ3n) is 4.06. The molecule has 1 amide bonds. The largest absolute Gasteiger partial charge is 0.341 e. The van der Waals surface area contributed by atoms with Gasteiger partial charge in [0.1, 0.15) is 11.6 Å². The quantitative estimate of drug-likeness (QED) is 0.677. The zero-order valence-corrected chi connectivity index (χ0v) is 15.2. The van der Waals surface area contributed by atoms with Crippen molar-refractivity contribution in [2.45, 2.75) is 19.5 Å². The van der Waals surface area contributed by atoms with E-state index in [4.69, 9.17) is 12.2 Å². The molecule has 26 heavy (non-hydrogen) atoms. The predicted octanol–water partition coefficient (Wildman–Crippen LogP) is 3.33. The van der Waals surface area contributed by atoms with Crippen LogP contribution in [0.15, 0.2) is 54.6 Å². The van der Waals surface area contributed by atoms with Crippen LogP contribution in [-0.2, 0) is 24.3 Å². The van der Waals surface area contributed by atoms with Crippen LogP contribution in [-0.4, -0.2) is 32.6 Å². The van der Waals surface area contributed by atoms with Gasteiger partial charge in [0.25, 0.3) is 0 Å². The highest BCUT2D eigenvalue weighted by Crippen LogP contribution is 2.10. The topological polar surface area (TPSA) is 53.9 Å². The molecule has 5 nitrogen and oxygen atoms in total. The maximum atomic E-state index is 13.3. The molecule has 0 bridgehead atoms. The van der Waals surface area contributed by atoms with E-state index < -0.39 is 0 Å². The van der Waals surface area contributed by atoms with E-state index in [1.165, 1.54) is 12.1 Å². The third-order valence-corrected chi connectivity index (χ3v) is 4.38. The lowest BCUT2D eigenvalue weighted by atomic mass is 10.2. The van der Waals surface area contributed by atoms with Crippen molar-refractivity contribution in [3.8, 4) is 0 Å². The minimum atomic E-state index is -0.313. The summed E-state index contributed by atoms with van der Waals surface area (Å²) in [6, 6.07) is 16.1. The Morgan fingerprint density at radius 3 is 2.65 bits per heavy atom. The van der Waals surface area contributed by atoms with Crippen LogP contribution >= 0.6 is 12.2 Å². The second-order valence-corrected chi connectivity index (χ2v) is 6.46. The molecule has 3 aromatic rings. The lowest BCUT2D eigenvalue weighted by molar-refractivity contribution is -0.129. The molecule has 0 atom stereocenters. The zero-order chi connectivity index (χ0) is 18.5. The number of nitrogens with zero attached hydrogens (tertiary/aromatic N) is 3. The van der Waals surface area contributed by atoms with E-state index in [1.54, 1.807) is 24.1 Å². The first-order valence-corrected chi connectivity index (χ1v) is 8.60. The molecule has 1 N–H and O–H groups in total. The van der Waals surface area contributed by atoms with Crippen molar-refractivity contribution < 1.29 is 9.18 Å². The summed E-state index contributed by atoms with van der Waals surface area (Å²) in [6.45, 7) is 0.882. The zero-order valence-electron chi connectivity index (χ0n) is 14.4. The van der Waals surface area contributed by atoms with Crippen LogP contribution in [0.2, 0.25) is 0 Å². The van der Waals surface area contributed by atoms with E-state index in [-0.39, 0.29) is 18.1 Å². The summed E-state index contributed by atoms with van der Waals surface area (Å²) in [6.07, 6.45) is 0.117. The molecule has 1 aromatic heterocycles. The summed E-state index contributed by atoms with van der Waals surface area (Å²) in [7, 11) is 1.69. The summed E-state index contributed by atoms with van der Waals surface area (Å²) >= 11 is 5.29. The Morgan fingerprint density at radius 1 is 1.19 bits per heavy atom. The Balaban J connectivity index is 1.70. The maximum absolute atomic E-state index is 13.3. The molecule has 0 saturated carbocycles. The number of carbonyl (C=O) groups is 1. The van der Waals surface area contributed by atoms with Crippen LogP contribution in [0.3, 0.4) is 0 Å². The van der Waals surface area contributed by atoms with E-state index in [0.717, 1.165) is 11.1 Å². The highest BCUT2D eigenvalue weighted by Gasteiger charge is 2.15. The molecule has 7 heteroatoms. The van der Waals surface area contributed by atoms with Crippen LogP contribution in [0.4, 0.5) is 4.39 Å². The molecular weight excluding hydrogens is 351 g/mol. The van der Waals surface area contributed by atoms with Crippen LogP contribution < -0.4 is 0 Å². The van der Waals surface area contributed by atoms with Crippen LogP contribution in [0.25, 0.3) is 0 Å². The average molecular weight is 370 g/mol. The summed E-state index contributed by atoms with van der Waals surface area (Å²) in [5.74, 6) is 0.152. The van der Waals surface area contributed by atoms with E-state index >= 15 is 0 Å². The van der Waals surface area contributed by atoms with Gasteiger partial charge in [0.05, 0.1) is 13.0 Å². The first-order chi connectivity index (χ1) is 12.5. The smallest absolute Gasteiger partial charge is 0.230 e. The van der Waals surface area contributed by atoms with Gasteiger partial charge < -0.3 is 4.90 Å². The Bertz CT molecular complexity index is 951. The molecule has 0 aliphatic rings. The van der Waals surface area contributed by atoms with E-state index in [0.29, 0.717) is 23.7 Å². The fourth-order valence-electron chi connectivity index (χ4n) is 2.68. The Hall–Kier alpha value is -2.80. The molecule has 0 saturated heterocycles. The second kappa shape index (κ2) is 8.05. The number of hydrogen-bond acceptors (Lipinski definition) is 3. The van der Waals surface area contributed by atoms with Gasteiger partial charge in [-0.3, -0.25) is 14.5 Å². The van der Waals surface area contributed by atoms with Gasteiger partial charge in [-0.1, -0.05) is 42.5 Å². The molecule has 0 aliphatic heterocycles. The van der Waals surface area contributed by atoms with E-state index in [9.17, 15) is 9.18 Å². The van der Waals surface area contributed by atoms with Gasteiger partial charge in [0, 0.05) is 13.6 Å². The summed E-state index contributed by atoms with van der Waals surface area (Å²) < 4.78 is 15.6. The minimum absolute atomic E-state index is 0.113. The van der Waals surface area contributed by atoms with Crippen LogP contribution in [0.5, 0.6) is 0 Å². The number of benzene rings is 2. The maximum Gasteiger partial charge on any atom is 0.230 e. The third kappa shape index (κ3) is 4.43. The molecule has 0 radical (unpaired) electrons. The van der Waals surface area contributed by atoms with Crippen LogP contribution in [0, 0.1) is 10.6 Å². The molecular formula is C19H19FN4OS. The normalized spacial score (nSPS) is 10.7. The predicted molar refractivity (Wildman–Crippen MR) is 99.5 cm³/mol. The summed E-state index contributed by atoms with van der Waals surface area (Å²) in [5.41, 5.74) is 1.82. The van der Waals surface area contributed by atoms with Gasteiger partial charge in [0.15, 0.2) is 4.77 Å². The fourth-order valence-corrected chi connectivity index (χ4v) is 2.90. The van der Waals surface area contributed by atoms with Crippen molar-refractivity contribution >= 4 is 18.1 Å². The molecule has 0 aliphatic carbocycles. The van der Waals surface area contributed by atoms with E-state index in [2.05, 4.69) is 10.2 Å². The number of hydrogen-bond donors (Lipinski definition) is 1. The molecule has 1 heterocycles. The standard InChI is InChI=1S/C19H19FN4OS/c1-23(12-15-8-5-9-16(20)10-15)18(25)11-17-21-22-19(26)24(17)13-14-6-3-2-4-7-14/h2-10H,11-13H2,1H3,(H,22,26). The molecule has 0 unspecified atom stereocenters. The number of halogens is 1. The number of likely N-dealkylation sites (N-methyl/N-ethyl adjacent to an activating group) is 1. The number of aromatic amines is 1. The fraction of sp³-hybridized carbons (Fsp3) is 0.211. The molecule has 0 spiro atoms. The summed E-state index contributed by atoms with van der Waals surface area (Å²) in [5, 5.41) is 6.95. The Morgan fingerprint density at radius 2 is 1.92 bits per heavy atom. The molecule has 3 rings (SSSR count). The Labute approximate surface area is 156 Å². The van der Waals surface area contributed by atoms with Gasteiger partial charge in [-0.05, 0) is 35.5 Å². The number of aromatic nitrogens is 3. The van der Waals surface area contributed by atoms with Gasteiger partial charge in [-0.2, -0.15) is 5.10 Å². The highest BCUT2D eigenvalue weighted by molar-refractivity contribution is 7.71. The van der Waals surface area contributed by atoms with Crippen molar-refractivity contribution in [2.24, 2.45) is 0 Å². The van der Waals surface area contributed by atoms with Crippen molar-refractivity contribution in [2.75, 3.05) is 7.05 Å². The minimum Gasteiger partial charge on any atom is -0.341 e. The molecule has 2 aromatic carbocycles. The summed E-state index contributed by atoms with van der Waals surface area (Å²) in [4.78, 5) is 14.1. The van der Waals surface area contributed by atoms with Crippen LogP contribution in [0.1, 0.15) is 17.0 Å². The highest BCUT2D eigenvalue weighted by atomic mass is 32.1. The van der Waals surface area contributed by atoms with Gasteiger partial charge >= 0.3 is 0 Å². The second-order valence-electron chi connectivity index (χ2n) is 6.07. The number of rotatable bonds is 6. The number of carbonyl (C=O) groups excluding carboxylic acids is 1. The van der Waals surface area contributed by atoms with Gasteiger partial charge in [0.2, 0.25) is 5.91 Å². The SMILES string of the molecule is CN(Cc1cccc(F)c1)C(=O)Cc1n[nH]c(=S)n1Cc1ccccc1. The Kier molecular flexibility index (Phi) is 5.58. The number of amides is 1. The van der Waals surface area contributed by atoms with Crippen molar-refractivity contribution in [3.05, 3.63) is 82.1 Å². The van der Waals surface area contributed by atoms with Crippen molar-refractivity contribution in [1.29, 1.82) is 0 Å². The van der Waals surface area contributed by atoms with E-state index in [1.807, 2.05) is 34.9 Å². The van der Waals surface area contributed by atoms with Gasteiger partial charge in [-0.15, -0.1) is 0 Å². The number of H-pyrrole nitrogens is 1. The molecule has 134 valence electrons. The van der Waals surface area contributed by atoms with Crippen molar-refractivity contribution in [3.63, 3.8) is 0 Å². The van der Waals surface area contributed by atoms with Gasteiger partial charge in [-0.25, -0.2) is 4.39 Å².